The van der Waals surface area contributed by atoms with Crippen molar-refractivity contribution in [1.82, 2.24) is 4.90 Å². The zero-order valence-electron chi connectivity index (χ0n) is 10.9. The summed E-state index contributed by atoms with van der Waals surface area (Å²) >= 11 is 0. The fraction of sp³-hybridized carbons (Fsp3) is 0.600. The molecule has 2 saturated heterocycles. The molecule has 2 N–H and O–H groups in total. The van der Waals surface area contributed by atoms with Crippen molar-refractivity contribution in [1.29, 1.82) is 0 Å². The van der Waals surface area contributed by atoms with Gasteiger partial charge in [-0.15, -0.1) is 0 Å². The summed E-state index contributed by atoms with van der Waals surface area (Å²) in [5, 5.41) is 0. The monoisotopic (exact) mass is 266 g/mol. The number of hydrogen-bond donors (Lipinski definition) is 1. The van der Waals surface area contributed by atoms with Crippen LogP contribution in [0.1, 0.15) is 43.2 Å². The number of benzene rings is 1. The van der Waals surface area contributed by atoms with Crippen molar-refractivity contribution in [2.45, 2.75) is 56.8 Å². The molecule has 2 bridgehead atoms. The van der Waals surface area contributed by atoms with Gasteiger partial charge in [-0.3, -0.25) is 4.90 Å². The number of hydrogen-bond acceptors (Lipinski definition) is 2. The molecule has 2 unspecified atom stereocenters. The highest BCUT2D eigenvalue weighted by molar-refractivity contribution is 5.23. The first-order chi connectivity index (χ1) is 9.13. The lowest BCUT2D eigenvalue weighted by atomic mass is 9.97. The van der Waals surface area contributed by atoms with Crippen LogP contribution < -0.4 is 5.73 Å². The van der Waals surface area contributed by atoms with Gasteiger partial charge in [-0.2, -0.15) is 0 Å². The Balaban J connectivity index is 1.68. The SMILES string of the molecule is NC1CC2CCC(C1)N2Cc1ccc(C(F)F)cc1. The predicted molar refractivity (Wildman–Crippen MR) is 71.0 cm³/mol. The number of fused-ring (bicyclic) bond motifs is 2. The molecule has 2 aliphatic heterocycles. The van der Waals surface area contributed by atoms with E-state index in [4.69, 9.17) is 5.73 Å². The molecule has 19 heavy (non-hydrogen) atoms. The Morgan fingerprint density at radius 1 is 1.11 bits per heavy atom. The van der Waals surface area contributed by atoms with E-state index in [0.29, 0.717) is 18.1 Å². The molecule has 0 amide bonds. The molecule has 2 nitrogen and oxygen atoms in total. The third-order valence-corrected chi connectivity index (χ3v) is 4.52. The minimum Gasteiger partial charge on any atom is -0.328 e. The second kappa shape index (κ2) is 5.17. The smallest absolute Gasteiger partial charge is 0.263 e. The van der Waals surface area contributed by atoms with Gasteiger partial charge in [-0.1, -0.05) is 24.3 Å². The van der Waals surface area contributed by atoms with Gasteiger partial charge < -0.3 is 5.73 Å². The number of nitrogens with two attached hydrogens (primary N) is 1. The molecule has 4 heteroatoms. The van der Waals surface area contributed by atoms with Gasteiger partial charge in [-0.05, 0) is 31.2 Å². The van der Waals surface area contributed by atoms with Gasteiger partial charge in [0.25, 0.3) is 6.43 Å². The lowest BCUT2D eigenvalue weighted by molar-refractivity contribution is 0.120. The Morgan fingerprint density at radius 3 is 2.21 bits per heavy atom. The van der Waals surface area contributed by atoms with Crippen LogP contribution in [-0.4, -0.2) is 23.0 Å². The third kappa shape index (κ3) is 2.65. The summed E-state index contributed by atoms with van der Waals surface area (Å²) in [4.78, 5) is 2.51. The van der Waals surface area contributed by atoms with Crippen LogP contribution in [0.5, 0.6) is 0 Å². The van der Waals surface area contributed by atoms with Gasteiger partial charge in [0.2, 0.25) is 0 Å². The van der Waals surface area contributed by atoms with Gasteiger partial charge in [0.1, 0.15) is 0 Å². The molecule has 0 saturated carbocycles. The molecule has 0 spiro atoms. The fourth-order valence-electron chi connectivity index (χ4n) is 3.55. The molecule has 2 aliphatic rings. The lowest BCUT2D eigenvalue weighted by Crippen LogP contribution is -2.46. The van der Waals surface area contributed by atoms with E-state index in [9.17, 15) is 8.78 Å². The van der Waals surface area contributed by atoms with Crippen molar-refractivity contribution in [3.63, 3.8) is 0 Å². The summed E-state index contributed by atoms with van der Waals surface area (Å²) in [5.74, 6) is 0. The van der Waals surface area contributed by atoms with Crippen LogP contribution in [0, 0.1) is 0 Å². The Kier molecular flexibility index (Phi) is 3.54. The molecule has 2 heterocycles. The van der Waals surface area contributed by atoms with E-state index in [1.807, 2.05) is 12.1 Å². The standard InChI is InChI=1S/C15H20F2N2/c16-15(17)11-3-1-10(2-4-11)9-19-13-5-6-14(19)8-12(18)7-13/h1-4,12-15H,5-9,18H2. The second-order valence-electron chi connectivity index (χ2n) is 5.83. The Bertz CT molecular complexity index is 418. The Labute approximate surface area is 112 Å². The number of alkyl halides is 2. The van der Waals surface area contributed by atoms with E-state index in [-0.39, 0.29) is 5.56 Å². The summed E-state index contributed by atoms with van der Waals surface area (Å²) in [7, 11) is 0. The van der Waals surface area contributed by atoms with Crippen LogP contribution in [0.3, 0.4) is 0 Å². The fourth-order valence-corrected chi connectivity index (χ4v) is 3.55. The van der Waals surface area contributed by atoms with Gasteiger partial charge in [-0.25, -0.2) is 8.78 Å². The van der Waals surface area contributed by atoms with E-state index in [1.165, 1.54) is 25.0 Å². The quantitative estimate of drug-likeness (QED) is 0.911. The molecule has 2 fully saturated rings. The van der Waals surface area contributed by atoms with Crippen LogP contribution in [0.4, 0.5) is 8.78 Å². The molecular weight excluding hydrogens is 246 g/mol. The van der Waals surface area contributed by atoms with Crippen molar-refractivity contribution in [3.05, 3.63) is 35.4 Å². The third-order valence-electron chi connectivity index (χ3n) is 4.52. The van der Waals surface area contributed by atoms with Crippen LogP contribution in [0.2, 0.25) is 0 Å². The maximum atomic E-state index is 12.5. The van der Waals surface area contributed by atoms with Crippen LogP contribution in [-0.2, 0) is 6.54 Å². The molecule has 1 aromatic rings. The molecule has 104 valence electrons. The van der Waals surface area contributed by atoms with Gasteiger partial charge >= 0.3 is 0 Å². The number of nitrogens with zero attached hydrogens (tertiary/aromatic N) is 1. The molecule has 1 aromatic carbocycles. The van der Waals surface area contributed by atoms with Crippen molar-refractivity contribution < 1.29 is 8.78 Å². The molecule has 0 aliphatic carbocycles. The van der Waals surface area contributed by atoms with Crippen LogP contribution in [0.25, 0.3) is 0 Å². The van der Waals surface area contributed by atoms with Crippen molar-refractivity contribution >= 4 is 0 Å². The minimum atomic E-state index is -2.38. The number of piperidine rings is 1. The molecule has 3 rings (SSSR count). The average molecular weight is 266 g/mol. The van der Waals surface area contributed by atoms with Gasteiger partial charge in [0.15, 0.2) is 0 Å². The predicted octanol–water partition coefficient (Wildman–Crippen LogP) is 3.08. The summed E-state index contributed by atoms with van der Waals surface area (Å²) in [6.45, 7) is 0.867. The highest BCUT2D eigenvalue weighted by Crippen LogP contribution is 2.36. The normalized spacial score (nSPS) is 31.1. The summed E-state index contributed by atoms with van der Waals surface area (Å²) in [5.41, 5.74) is 7.28. The highest BCUT2D eigenvalue weighted by Gasteiger charge is 2.39. The zero-order valence-corrected chi connectivity index (χ0v) is 10.9. The van der Waals surface area contributed by atoms with Gasteiger partial charge in [0.05, 0.1) is 0 Å². The van der Waals surface area contributed by atoms with E-state index in [2.05, 4.69) is 4.90 Å². The Morgan fingerprint density at radius 2 is 1.68 bits per heavy atom. The van der Waals surface area contributed by atoms with Crippen molar-refractivity contribution in [3.8, 4) is 0 Å². The summed E-state index contributed by atoms with van der Waals surface area (Å²) in [6, 6.07) is 8.25. The lowest BCUT2D eigenvalue weighted by Gasteiger charge is -2.37. The van der Waals surface area contributed by atoms with Gasteiger partial charge in [0, 0.05) is 30.2 Å². The number of rotatable bonds is 3. The minimum absolute atomic E-state index is 0.104. The van der Waals surface area contributed by atoms with E-state index in [1.54, 1.807) is 0 Å². The topological polar surface area (TPSA) is 29.3 Å². The first-order valence-electron chi connectivity index (χ1n) is 7.02. The van der Waals surface area contributed by atoms with Crippen molar-refractivity contribution in [2.75, 3.05) is 0 Å². The van der Waals surface area contributed by atoms with Crippen LogP contribution in [0.15, 0.2) is 24.3 Å². The maximum Gasteiger partial charge on any atom is 0.263 e. The van der Waals surface area contributed by atoms with E-state index in [0.717, 1.165) is 24.9 Å². The molecule has 2 atom stereocenters. The van der Waals surface area contributed by atoms with E-state index < -0.39 is 6.43 Å². The zero-order chi connectivity index (χ0) is 13.4. The largest absolute Gasteiger partial charge is 0.328 e. The maximum absolute atomic E-state index is 12.5. The number of halogens is 2. The van der Waals surface area contributed by atoms with Crippen molar-refractivity contribution in [2.24, 2.45) is 5.73 Å². The summed E-state index contributed by atoms with van der Waals surface area (Å²) in [6.07, 6.45) is 2.23. The first kappa shape index (κ1) is 13.0. The second-order valence-corrected chi connectivity index (χ2v) is 5.83. The molecule has 0 aromatic heterocycles. The first-order valence-corrected chi connectivity index (χ1v) is 7.02. The Hall–Kier alpha value is -1.00. The average Bonchev–Trinajstić information content (AvgIpc) is 2.62. The highest BCUT2D eigenvalue weighted by atomic mass is 19.3. The molecule has 0 radical (unpaired) electrons. The molecular formula is C15H20F2N2. The summed E-state index contributed by atoms with van der Waals surface area (Å²) < 4.78 is 25.0. The van der Waals surface area contributed by atoms with E-state index >= 15 is 0 Å². The van der Waals surface area contributed by atoms with Crippen LogP contribution >= 0.6 is 0 Å².